The van der Waals surface area contributed by atoms with Crippen LogP contribution < -0.4 is 0 Å². The van der Waals surface area contributed by atoms with E-state index in [1.807, 2.05) is 0 Å². The number of hydrogen-bond donors (Lipinski definition) is 1. The van der Waals surface area contributed by atoms with Gasteiger partial charge in [0.2, 0.25) is 0 Å². The molecule has 5 rings (SSSR count). The van der Waals surface area contributed by atoms with Gasteiger partial charge < -0.3 is 19.3 Å². The number of carboxylic acid groups (broad SMARTS) is 1. The molecule has 5 fully saturated rings. The average Bonchev–Trinajstić information content (AvgIpc) is 3.33. The molecule has 6 bridgehead atoms. The lowest BCUT2D eigenvalue weighted by atomic mass is 9.53. The lowest BCUT2D eigenvalue weighted by Gasteiger charge is -2.47. The van der Waals surface area contributed by atoms with Crippen LogP contribution in [0.25, 0.3) is 0 Å². The summed E-state index contributed by atoms with van der Waals surface area (Å²) in [6, 6.07) is 0. The molecule has 8 atom stereocenters. The number of carbonyl (C=O) groups is 4. The van der Waals surface area contributed by atoms with Crippen LogP contribution in [0.2, 0.25) is 0 Å². The predicted octanol–water partition coefficient (Wildman–Crippen LogP) is 0.0946. The van der Waals surface area contributed by atoms with Gasteiger partial charge in [0, 0.05) is 0 Å². The van der Waals surface area contributed by atoms with Crippen molar-refractivity contribution in [2.24, 2.45) is 46.3 Å². The first-order valence-corrected chi connectivity index (χ1v) is 8.34. The smallest absolute Gasteiger partial charge is 0.314 e. The van der Waals surface area contributed by atoms with Crippen molar-refractivity contribution in [3.63, 3.8) is 0 Å². The number of ether oxygens (including phenoxy) is 3. The van der Waals surface area contributed by atoms with Crippen LogP contribution >= 0.6 is 0 Å². The van der Waals surface area contributed by atoms with Gasteiger partial charge in [-0.05, 0) is 36.5 Å². The molecule has 0 aromatic heterocycles. The summed E-state index contributed by atoms with van der Waals surface area (Å²) >= 11 is 0. The van der Waals surface area contributed by atoms with Crippen LogP contribution in [0.5, 0.6) is 0 Å². The predicted molar refractivity (Wildman–Crippen MR) is 78.7 cm³/mol. The molecular formula is C17H20O8. The van der Waals surface area contributed by atoms with Gasteiger partial charge in [0.1, 0.15) is 10.8 Å². The zero-order valence-corrected chi connectivity index (χ0v) is 14.2. The second kappa shape index (κ2) is 4.74. The molecule has 5 aliphatic carbocycles. The Bertz CT molecular complexity index is 701. The van der Waals surface area contributed by atoms with E-state index in [0.717, 1.165) is 0 Å². The lowest BCUT2D eigenvalue weighted by molar-refractivity contribution is -0.194. The summed E-state index contributed by atoms with van der Waals surface area (Å²) in [6.07, 6.45) is 1.32. The van der Waals surface area contributed by atoms with Crippen LogP contribution in [-0.2, 0) is 33.4 Å². The quantitative estimate of drug-likeness (QED) is 0.559. The van der Waals surface area contributed by atoms with Crippen LogP contribution in [0.4, 0.5) is 0 Å². The number of carbonyl (C=O) groups excluding carboxylic acids is 3. The highest BCUT2D eigenvalue weighted by Gasteiger charge is 2.97. The minimum absolute atomic E-state index is 0.177. The van der Waals surface area contributed by atoms with E-state index in [-0.39, 0.29) is 17.8 Å². The largest absolute Gasteiger partial charge is 0.481 e. The Morgan fingerprint density at radius 3 is 1.68 bits per heavy atom. The van der Waals surface area contributed by atoms with E-state index in [1.165, 1.54) is 21.3 Å². The summed E-state index contributed by atoms with van der Waals surface area (Å²) in [5.41, 5.74) is -3.07. The van der Waals surface area contributed by atoms with E-state index in [0.29, 0.717) is 12.8 Å². The summed E-state index contributed by atoms with van der Waals surface area (Å²) in [5, 5.41) is 9.90. The van der Waals surface area contributed by atoms with E-state index in [9.17, 15) is 24.3 Å². The summed E-state index contributed by atoms with van der Waals surface area (Å²) in [6.45, 7) is 0. The number of hydrogen-bond acceptors (Lipinski definition) is 7. The number of aliphatic carboxylic acids is 1. The van der Waals surface area contributed by atoms with Crippen LogP contribution in [0.15, 0.2) is 0 Å². The van der Waals surface area contributed by atoms with E-state index in [4.69, 9.17) is 14.2 Å². The minimum Gasteiger partial charge on any atom is -0.481 e. The third kappa shape index (κ3) is 1.29. The number of rotatable bonds is 4. The number of esters is 3. The Balaban J connectivity index is 2.05. The highest BCUT2D eigenvalue weighted by atomic mass is 16.5. The molecule has 0 aliphatic heterocycles. The molecule has 25 heavy (non-hydrogen) atoms. The average molecular weight is 352 g/mol. The van der Waals surface area contributed by atoms with Crippen molar-refractivity contribution < 1.29 is 38.5 Å². The summed E-state index contributed by atoms with van der Waals surface area (Å²) in [7, 11) is 3.59. The van der Waals surface area contributed by atoms with Gasteiger partial charge in [-0.25, -0.2) is 0 Å². The zero-order valence-electron chi connectivity index (χ0n) is 14.2. The number of carboxylic acids is 1. The van der Waals surface area contributed by atoms with Gasteiger partial charge in [0.05, 0.1) is 33.2 Å². The second-order valence-corrected chi connectivity index (χ2v) is 7.48. The van der Waals surface area contributed by atoms with Crippen LogP contribution in [-0.4, -0.2) is 50.3 Å². The van der Waals surface area contributed by atoms with Crippen LogP contribution in [0.3, 0.4) is 0 Å². The highest BCUT2D eigenvalue weighted by Crippen LogP contribution is 2.89. The van der Waals surface area contributed by atoms with Gasteiger partial charge in [-0.3, -0.25) is 19.2 Å². The third-order valence-corrected chi connectivity index (χ3v) is 7.54. The molecule has 0 aromatic rings. The van der Waals surface area contributed by atoms with Gasteiger partial charge in [-0.1, -0.05) is 0 Å². The van der Waals surface area contributed by atoms with Gasteiger partial charge in [-0.2, -0.15) is 0 Å². The Hall–Kier alpha value is -2.12. The molecule has 0 unspecified atom stereocenters. The van der Waals surface area contributed by atoms with Crippen molar-refractivity contribution in [1.82, 2.24) is 0 Å². The Kier molecular flexibility index (Phi) is 3.10. The fourth-order valence-corrected chi connectivity index (χ4v) is 7.52. The molecule has 1 N–H and O–H groups in total. The van der Waals surface area contributed by atoms with E-state index >= 15 is 0 Å². The molecule has 0 radical (unpaired) electrons. The van der Waals surface area contributed by atoms with E-state index in [1.54, 1.807) is 0 Å². The standard InChI is InChI=1S/C17H20O8/c1-23-13(20)11-9-8-6-4-5-7(8)17(11,15(22)25-3)16(6,14(21)24-2)10(9)12(18)19/h6-11H,4-5H2,1-3H3,(H,18,19)/t6-,7+,8-,9+,10-,11-,16-,17+/m0/s1. The molecule has 0 spiro atoms. The van der Waals surface area contributed by atoms with E-state index in [2.05, 4.69) is 0 Å². The van der Waals surface area contributed by atoms with Crippen molar-refractivity contribution >= 4 is 23.9 Å². The molecule has 8 heteroatoms. The topological polar surface area (TPSA) is 116 Å². The molecular weight excluding hydrogens is 332 g/mol. The second-order valence-electron chi connectivity index (χ2n) is 7.48. The van der Waals surface area contributed by atoms with Crippen molar-refractivity contribution in [1.29, 1.82) is 0 Å². The Morgan fingerprint density at radius 1 is 0.800 bits per heavy atom. The van der Waals surface area contributed by atoms with Gasteiger partial charge in [-0.15, -0.1) is 0 Å². The molecule has 5 saturated carbocycles. The summed E-state index contributed by atoms with van der Waals surface area (Å²) < 4.78 is 14.9. The van der Waals surface area contributed by atoms with Gasteiger partial charge >= 0.3 is 23.9 Å². The SMILES string of the molecule is COC(=O)[C@@H]1[C@@H]2[C@@H]3[C@H]4CC[C@@H]3[C@@](C(=O)OC)([C@@H]2C(=O)O)[C@]41C(=O)OC. The first-order chi connectivity index (χ1) is 11.9. The van der Waals surface area contributed by atoms with Crippen molar-refractivity contribution in [2.45, 2.75) is 12.8 Å². The zero-order chi connectivity index (χ0) is 18.3. The molecule has 0 aromatic carbocycles. The monoisotopic (exact) mass is 352 g/mol. The summed E-state index contributed by atoms with van der Waals surface area (Å²) in [5.74, 6) is -6.71. The van der Waals surface area contributed by atoms with Crippen LogP contribution in [0, 0.1) is 46.3 Å². The lowest BCUT2D eigenvalue weighted by Crippen LogP contribution is -2.60. The molecule has 0 heterocycles. The normalized spacial score (nSPS) is 47.8. The molecule has 0 saturated heterocycles. The van der Waals surface area contributed by atoms with Crippen molar-refractivity contribution in [3.8, 4) is 0 Å². The fourth-order valence-electron chi connectivity index (χ4n) is 7.52. The molecule has 0 amide bonds. The molecule has 136 valence electrons. The summed E-state index contributed by atoms with van der Waals surface area (Å²) in [4.78, 5) is 50.7. The van der Waals surface area contributed by atoms with Crippen molar-refractivity contribution in [3.05, 3.63) is 0 Å². The minimum atomic E-state index is -1.56. The fraction of sp³-hybridized carbons (Fsp3) is 0.765. The van der Waals surface area contributed by atoms with Gasteiger partial charge in [0.25, 0.3) is 0 Å². The molecule has 5 aliphatic rings. The third-order valence-electron chi connectivity index (χ3n) is 7.54. The first-order valence-electron chi connectivity index (χ1n) is 8.34. The van der Waals surface area contributed by atoms with Crippen molar-refractivity contribution in [2.75, 3.05) is 21.3 Å². The Morgan fingerprint density at radius 2 is 1.28 bits per heavy atom. The maximum Gasteiger partial charge on any atom is 0.314 e. The highest BCUT2D eigenvalue weighted by molar-refractivity contribution is 6.01. The van der Waals surface area contributed by atoms with Gasteiger partial charge in [0.15, 0.2) is 0 Å². The number of methoxy groups -OCH3 is 3. The first kappa shape index (κ1) is 16.4. The maximum atomic E-state index is 13.0. The molecule has 8 nitrogen and oxygen atoms in total. The Labute approximate surface area is 143 Å². The van der Waals surface area contributed by atoms with E-state index < -0.39 is 52.5 Å². The van der Waals surface area contributed by atoms with Crippen LogP contribution in [0.1, 0.15) is 12.8 Å². The maximum absolute atomic E-state index is 13.0.